The molecule has 1 aromatic carbocycles. The first-order valence-electron chi connectivity index (χ1n) is 9.37. The lowest BCUT2D eigenvalue weighted by molar-refractivity contribution is -0.115. The molecule has 156 valence electrons. The quantitative estimate of drug-likeness (QED) is 0.692. The second-order valence-electron chi connectivity index (χ2n) is 8.01. The Balaban J connectivity index is 1.69. The van der Waals surface area contributed by atoms with Gasteiger partial charge in [0.2, 0.25) is 0 Å². The predicted octanol–water partition coefficient (Wildman–Crippen LogP) is 4.01. The van der Waals surface area contributed by atoms with Crippen molar-refractivity contribution in [3.63, 3.8) is 0 Å². The molecule has 2 aliphatic heterocycles. The highest BCUT2D eigenvalue weighted by atomic mass is 35.5. The number of hydrogen-bond acceptors (Lipinski definition) is 6. The predicted molar refractivity (Wildman–Crippen MR) is 115 cm³/mol. The number of ether oxygens (including phenoxy) is 1. The number of carbonyl (C=O) groups is 3. The molecule has 1 atom stereocenters. The third kappa shape index (κ3) is 5.67. The van der Waals surface area contributed by atoms with Crippen LogP contribution in [-0.4, -0.2) is 42.5 Å². The van der Waals surface area contributed by atoms with Gasteiger partial charge in [-0.3, -0.25) is 14.9 Å². The average Bonchev–Trinajstić information content (AvgIpc) is 3.18. The van der Waals surface area contributed by atoms with Crippen LogP contribution >= 0.6 is 23.4 Å². The first-order chi connectivity index (χ1) is 13.6. The molecule has 2 heterocycles. The number of nitrogens with one attached hydrogen (secondary N) is 2. The standard InChI is InChI=1S/C20H24ClN3O4S/c1-20(2,3)28-18(26)22-10-12-7-8-24(11-12)16-13(5-4-6-14(16)21)9-15-17(25)23-19(27)29-15/h4-6,9,12H,7-8,10-11H2,1-3H3,(H,22,26)(H,23,25,27)/b15-9-/t12-/m0/s1. The Labute approximate surface area is 179 Å². The lowest BCUT2D eigenvalue weighted by Crippen LogP contribution is -2.36. The maximum absolute atomic E-state index is 11.9. The van der Waals surface area contributed by atoms with Crippen molar-refractivity contribution in [3.8, 4) is 0 Å². The van der Waals surface area contributed by atoms with Crippen molar-refractivity contribution < 1.29 is 19.1 Å². The van der Waals surface area contributed by atoms with E-state index >= 15 is 0 Å². The number of imide groups is 1. The van der Waals surface area contributed by atoms with Crippen LogP contribution in [0.5, 0.6) is 0 Å². The molecule has 3 amide bonds. The highest BCUT2D eigenvalue weighted by Crippen LogP contribution is 2.36. The number of amides is 3. The van der Waals surface area contributed by atoms with Crippen LogP contribution in [0.25, 0.3) is 6.08 Å². The minimum absolute atomic E-state index is 0.255. The molecule has 9 heteroatoms. The summed E-state index contributed by atoms with van der Waals surface area (Å²) >= 11 is 7.35. The van der Waals surface area contributed by atoms with Gasteiger partial charge in [0.25, 0.3) is 11.1 Å². The summed E-state index contributed by atoms with van der Waals surface area (Å²) in [5, 5.41) is 5.29. The maximum Gasteiger partial charge on any atom is 0.407 e. The fourth-order valence-corrected chi connectivity index (χ4v) is 4.26. The van der Waals surface area contributed by atoms with E-state index in [0.29, 0.717) is 23.0 Å². The van der Waals surface area contributed by atoms with Crippen molar-refractivity contribution in [3.05, 3.63) is 33.7 Å². The molecule has 2 aliphatic rings. The van der Waals surface area contributed by atoms with Gasteiger partial charge >= 0.3 is 6.09 Å². The molecule has 2 saturated heterocycles. The largest absolute Gasteiger partial charge is 0.444 e. The van der Waals surface area contributed by atoms with Crippen LogP contribution in [0.3, 0.4) is 0 Å². The van der Waals surface area contributed by atoms with Crippen molar-refractivity contribution in [2.75, 3.05) is 24.5 Å². The number of carbonyl (C=O) groups excluding carboxylic acids is 3. The smallest absolute Gasteiger partial charge is 0.407 e. The summed E-state index contributed by atoms with van der Waals surface area (Å²) < 4.78 is 5.28. The Hall–Kier alpha value is -2.19. The van der Waals surface area contributed by atoms with Gasteiger partial charge in [-0.1, -0.05) is 23.7 Å². The molecule has 0 bridgehead atoms. The van der Waals surface area contributed by atoms with Crippen LogP contribution in [0.4, 0.5) is 15.3 Å². The number of anilines is 1. The van der Waals surface area contributed by atoms with Gasteiger partial charge in [-0.05, 0) is 57.0 Å². The Morgan fingerprint density at radius 3 is 2.83 bits per heavy atom. The van der Waals surface area contributed by atoms with E-state index in [-0.39, 0.29) is 11.2 Å². The molecule has 3 rings (SSSR count). The van der Waals surface area contributed by atoms with E-state index in [1.165, 1.54) is 0 Å². The van der Waals surface area contributed by atoms with E-state index in [4.69, 9.17) is 16.3 Å². The summed E-state index contributed by atoms with van der Waals surface area (Å²) in [5.74, 6) is -0.142. The van der Waals surface area contributed by atoms with Gasteiger partial charge in [0.05, 0.1) is 15.6 Å². The first-order valence-corrected chi connectivity index (χ1v) is 10.6. The zero-order valence-corrected chi connectivity index (χ0v) is 18.2. The van der Waals surface area contributed by atoms with Crippen molar-refractivity contribution in [1.82, 2.24) is 10.6 Å². The number of benzene rings is 1. The zero-order valence-electron chi connectivity index (χ0n) is 16.6. The summed E-state index contributed by atoms with van der Waals surface area (Å²) in [6.45, 7) is 7.49. The summed E-state index contributed by atoms with van der Waals surface area (Å²) in [5.41, 5.74) is 1.08. The van der Waals surface area contributed by atoms with Crippen LogP contribution < -0.4 is 15.5 Å². The molecule has 0 radical (unpaired) electrons. The molecule has 29 heavy (non-hydrogen) atoms. The van der Waals surface area contributed by atoms with Gasteiger partial charge in [-0.2, -0.15) is 0 Å². The molecular weight excluding hydrogens is 414 g/mol. The van der Waals surface area contributed by atoms with Crippen LogP contribution in [-0.2, 0) is 9.53 Å². The SMILES string of the molecule is CC(C)(C)OC(=O)NC[C@@H]1CCN(c2c(Cl)cccc2/C=C2\SC(=O)NC2=O)C1. The van der Waals surface area contributed by atoms with Gasteiger partial charge in [-0.15, -0.1) is 0 Å². The van der Waals surface area contributed by atoms with Gasteiger partial charge in [-0.25, -0.2) is 4.79 Å². The van der Waals surface area contributed by atoms with Crippen molar-refractivity contribution >= 4 is 52.4 Å². The second kappa shape index (κ2) is 8.67. The summed E-state index contributed by atoms with van der Waals surface area (Å²) in [6.07, 6.45) is 2.16. The maximum atomic E-state index is 11.9. The average molecular weight is 438 g/mol. The van der Waals surface area contributed by atoms with Gasteiger partial charge in [0, 0.05) is 25.2 Å². The highest BCUT2D eigenvalue weighted by molar-refractivity contribution is 8.18. The molecule has 1 aromatic rings. The number of hydrogen-bond donors (Lipinski definition) is 2. The number of para-hydroxylation sites is 1. The lowest BCUT2D eigenvalue weighted by atomic mass is 10.1. The van der Waals surface area contributed by atoms with E-state index in [2.05, 4.69) is 15.5 Å². The molecule has 0 aromatic heterocycles. The number of nitrogens with zero attached hydrogens (tertiary/aromatic N) is 1. The van der Waals surface area contributed by atoms with E-state index in [0.717, 1.165) is 36.0 Å². The fourth-order valence-electron chi connectivity index (χ4n) is 3.29. The van der Waals surface area contributed by atoms with Crippen molar-refractivity contribution in [2.24, 2.45) is 5.92 Å². The number of halogens is 1. The molecule has 0 spiro atoms. The molecule has 2 N–H and O–H groups in total. The molecule has 7 nitrogen and oxygen atoms in total. The Kier molecular flexibility index (Phi) is 6.43. The molecule has 2 fully saturated rings. The van der Waals surface area contributed by atoms with Crippen molar-refractivity contribution in [2.45, 2.75) is 32.8 Å². The molecule has 0 aliphatic carbocycles. The van der Waals surface area contributed by atoms with Crippen LogP contribution in [0.2, 0.25) is 5.02 Å². The normalized spacial score (nSPS) is 20.9. The monoisotopic (exact) mass is 437 g/mol. The Bertz CT molecular complexity index is 866. The van der Waals surface area contributed by atoms with Crippen LogP contribution in [0.1, 0.15) is 32.8 Å². The van der Waals surface area contributed by atoms with Gasteiger partial charge in [0.1, 0.15) is 5.60 Å². The fraction of sp³-hybridized carbons (Fsp3) is 0.450. The first kappa shape index (κ1) is 21.5. The summed E-state index contributed by atoms with van der Waals surface area (Å²) in [4.78, 5) is 37.7. The summed E-state index contributed by atoms with van der Waals surface area (Å²) in [7, 11) is 0. The molecular formula is C20H24ClN3O4S. The van der Waals surface area contributed by atoms with E-state index in [1.54, 1.807) is 12.1 Å². The minimum Gasteiger partial charge on any atom is -0.444 e. The summed E-state index contributed by atoms with van der Waals surface area (Å²) in [6, 6.07) is 5.49. The minimum atomic E-state index is -0.530. The third-order valence-electron chi connectivity index (χ3n) is 4.48. The van der Waals surface area contributed by atoms with Crippen LogP contribution in [0.15, 0.2) is 23.1 Å². The van der Waals surface area contributed by atoms with E-state index in [1.807, 2.05) is 32.9 Å². The molecule has 0 unspecified atom stereocenters. The Morgan fingerprint density at radius 1 is 1.41 bits per heavy atom. The third-order valence-corrected chi connectivity index (χ3v) is 5.60. The highest BCUT2D eigenvalue weighted by Gasteiger charge is 2.29. The lowest BCUT2D eigenvalue weighted by Gasteiger charge is -2.23. The van der Waals surface area contributed by atoms with Crippen LogP contribution in [0, 0.1) is 5.92 Å². The van der Waals surface area contributed by atoms with Gasteiger partial charge in [0.15, 0.2) is 0 Å². The Morgan fingerprint density at radius 2 is 2.17 bits per heavy atom. The number of alkyl carbamates (subject to hydrolysis) is 1. The van der Waals surface area contributed by atoms with Crippen molar-refractivity contribution in [1.29, 1.82) is 0 Å². The van der Waals surface area contributed by atoms with E-state index < -0.39 is 17.6 Å². The van der Waals surface area contributed by atoms with Gasteiger partial charge < -0.3 is 15.0 Å². The number of thioether (sulfide) groups is 1. The number of rotatable bonds is 4. The molecule has 0 saturated carbocycles. The second-order valence-corrected chi connectivity index (χ2v) is 9.44. The zero-order chi connectivity index (χ0) is 21.2. The topological polar surface area (TPSA) is 87.7 Å². The van der Waals surface area contributed by atoms with E-state index in [9.17, 15) is 14.4 Å².